The van der Waals surface area contributed by atoms with Crippen molar-refractivity contribution in [2.24, 2.45) is 0 Å². The first-order chi connectivity index (χ1) is 19.0. The molecule has 0 radical (unpaired) electrons. The number of amides is 1. The Balaban J connectivity index is 1.58. The van der Waals surface area contributed by atoms with Gasteiger partial charge in [0.1, 0.15) is 18.0 Å². The van der Waals surface area contributed by atoms with Crippen molar-refractivity contribution in [1.82, 2.24) is 9.88 Å². The highest BCUT2D eigenvalue weighted by Crippen LogP contribution is 2.45. The Labute approximate surface area is 245 Å². The summed E-state index contributed by atoms with van der Waals surface area (Å²) in [6, 6.07) is 21.0. The van der Waals surface area contributed by atoms with E-state index >= 15 is 0 Å². The SMILES string of the molecule is C=CCC1OC(c2cccc(Cl)c2)C(c2ccc(Cl)cc2)N(C(CC)CN(SC2CC2)c2ccccn2)C1=O. The van der Waals surface area contributed by atoms with Crippen LogP contribution in [0.3, 0.4) is 0 Å². The summed E-state index contributed by atoms with van der Waals surface area (Å²) in [5, 5.41) is 1.86. The third-order valence-electron chi connectivity index (χ3n) is 7.14. The summed E-state index contributed by atoms with van der Waals surface area (Å²) in [5.74, 6) is 0.878. The molecule has 8 heteroatoms. The smallest absolute Gasteiger partial charge is 0.252 e. The summed E-state index contributed by atoms with van der Waals surface area (Å²) in [6.45, 7) is 6.69. The quantitative estimate of drug-likeness (QED) is 0.169. The van der Waals surface area contributed by atoms with Crippen molar-refractivity contribution in [1.29, 1.82) is 0 Å². The van der Waals surface area contributed by atoms with Crippen LogP contribution in [0.4, 0.5) is 5.82 Å². The van der Waals surface area contributed by atoms with E-state index in [1.165, 1.54) is 12.8 Å². The third-order valence-corrected chi connectivity index (χ3v) is 8.99. The molecule has 1 amide bonds. The Morgan fingerprint density at radius 2 is 1.90 bits per heavy atom. The van der Waals surface area contributed by atoms with E-state index < -0.39 is 12.2 Å². The average molecular weight is 583 g/mol. The number of benzene rings is 2. The maximum Gasteiger partial charge on any atom is 0.252 e. The number of nitrogens with zero attached hydrogens (tertiary/aromatic N) is 3. The number of carbonyl (C=O) groups excluding carboxylic acids is 1. The van der Waals surface area contributed by atoms with E-state index in [2.05, 4.69) is 27.7 Å². The highest BCUT2D eigenvalue weighted by molar-refractivity contribution is 8.01. The van der Waals surface area contributed by atoms with E-state index in [0.717, 1.165) is 23.4 Å². The normalized spacial score (nSPS) is 22.0. The minimum atomic E-state index is -0.636. The van der Waals surface area contributed by atoms with Crippen LogP contribution in [0.15, 0.2) is 85.6 Å². The van der Waals surface area contributed by atoms with Gasteiger partial charge in [0.15, 0.2) is 0 Å². The molecule has 39 heavy (non-hydrogen) atoms. The van der Waals surface area contributed by atoms with E-state index in [4.69, 9.17) is 27.9 Å². The van der Waals surface area contributed by atoms with Crippen LogP contribution in [0.25, 0.3) is 0 Å². The molecule has 2 heterocycles. The van der Waals surface area contributed by atoms with Gasteiger partial charge in [0.2, 0.25) is 0 Å². The molecule has 0 spiro atoms. The number of carbonyl (C=O) groups is 1. The van der Waals surface area contributed by atoms with Gasteiger partial charge < -0.3 is 9.64 Å². The molecule has 4 atom stereocenters. The molecule has 0 N–H and O–H groups in total. The van der Waals surface area contributed by atoms with E-state index in [1.54, 1.807) is 6.08 Å². The van der Waals surface area contributed by atoms with Gasteiger partial charge in [-0.25, -0.2) is 4.98 Å². The van der Waals surface area contributed by atoms with Gasteiger partial charge in [-0.1, -0.05) is 66.5 Å². The van der Waals surface area contributed by atoms with E-state index in [1.807, 2.05) is 84.9 Å². The molecule has 2 aromatic carbocycles. The molecule has 5 rings (SSSR count). The zero-order chi connectivity index (χ0) is 27.4. The molecule has 0 bridgehead atoms. The summed E-state index contributed by atoms with van der Waals surface area (Å²) < 4.78 is 8.85. The number of ether oxygens (including phenoxy) is 1. The van der Waals surface area contributed by atoms with Crippen LogP contribution in [0.2, 0.25) is 10.0 Å². The van der Waals surface area contributed by atoms with E-state index in [0.29, 0.717) is 28.3 Å². The molecule has 1 aromatic heterocycles. The zero-order valence-electron chi connectivity index (χ0n) is 22.0. The first-order valence-electron chi connectivity index (χ1n) is 13.4. The molecule has 1 saturated heterocycles. The fourth-order valence-corrected chi connectivity index (χ4v) is 6.57. The van der Waals surface area contributed by atoms with Crippen LogP contribution < -0.4 is 4.31 Å². The molecule has 1 aliphatic carbocycles. The first-order valence-corrected chi connectivity index (χ1v) is 15.0. The Morgan fingerprint density at radius 3 is 2.54 bits per heavy atom. The molecule has 2 fully saturated rings. The highest BCUT2D eigenvalue weighted by atomic mass is 35.5. The van der Waals surface area contributed by atoms with Crippen molar-refractivity contribution in [3.05, 3.63) is 107 Å². The number of morpholine rings is 1. The van der Waals surface area contributed by atoms with Gasteiger partial charge in [-0.15, -0.1) is 6.58 Å². The van der Waals surface area contributed by atoms with E-state index in [9.17, 15) is 4.79 Å². The molecule has 204 valence electrons. The minimum Gasteiger partial charge on any atom is -0.358 e. The summed E-state index contributed by atoms with van der Waals surface area (Å²) in [6.07, 6.45) is 6.12. The lowest BCUT2D eigenvalue weighted by molar-refractivity contribution is -0.178. The number of anilines is 1. The maximum atomic E-state index is 14.2. The summed E-state index contributed by atoms with van der Waals surface area (Å²) >= 11 is 14.5. The number of aromatic nitrogens is 1. The highest BCUT2D eigenvalue weighted by Gasteiger charge is 2.46. The number of rotatable bonds is 11. The van der Waals surface area contributed by atoms with Gasteiger partial charge >= 0.3 is 0 Å². The predicted octanol–water partition coefficient (Wildman–Crippen LogP) is 8.07. The zero-order valence-corrected chi connectivity index (χ0v) is 24.3. The molecule has 3 aromatic rings. The summed E-state index contributed by atoms with van der Waals surface area (Å²) in [7, 11) is 0. The second kappa shape index (κ2) is 12.8. The van der Waals surface area contributed by atoms with E-state index in [-0.39, 0.29) is 18.0 Å². The van der Waals surface area contributed by atoms with Crippen LogP contribution >= 0.6 is 35.1 Å². The maximum absolute atomic E-state index is 14.2. The average Bonchev–Trinajstić information content (AvgIpc) is 3.77. The standard InChI is InChI=1S/C31H33Cl2N3O2S/c1-3-8-27-31(37)36(25(4-2)20-35(39-26-16-17-26)28-11-5-6-18-34-28)29(21-12-14-23(32)15-13-21)30(38-27)22-9-7-10-24(33)19-22/h3,5-7,9-15,18-19,25-27,29-30H,1,4,8,16-17,20H2,2H3. The van der Waals surface area contributed by atoms with Crippen molar-refractivity contribution in [2.75, 3.05) is 10.8 Å². The Hall–Kier alpha value is -2.51. The Bertz CT molecular complexity index is 1270. The molecular weight excluding hydrogens is 549 g/mol. The van der Waals surface area contributed by atoms with Gasteiger partial charge in [-0.05, 0) is 78.7 Å². The van der Waals surface area contributed by atoms with Crippen molar-refractivity contribution < 1.29 is 9.53 Å². The van der Waals surface area contributed by atoms with Crippen LogP contribution in [0.1, 0.15) is 55.9 Å². The molecule has 4 unspecified atom stereocenters. The van der Waals surface area contributed by atoms with Gasteiger partial charge in [0.25, 0.3) is 5.91 Å². The summed E-state index contributed by atoms with van der Waals surface area (Å²) in [5.41, 5.74) is 1.89. The fourth-order valence-electron chi connectivity index (χ4n) is 5.06. The lowest BCUT2D eigenvalue weighted by atomic mass is 9.89. The summed E-state index contributed by atoms with van der Waals surface area (Å²) in [4.78, 5) is 20.9. The number of halogens is 2. The lowest BCUT2D eigenvalue weighted by Gasteiger charge is -2.48. The third kappa shape index (κ3) is 6.63. The van der Waals surface area contributed by atoms with Gasteiger partial charge in [-0.2, -0.15) is 0 Å². The number of hydrogen-bond acceptors (Lipinski definition) is 5. The van der Waals surface area contributed by atoms with Crippen LogP contribution in [-0.2, 0) is 9.53 Å². The van der Waals surface area contributed by atoms with Crippen molar-refractivity contribution in [3.8, 4) is 0 Å². The number of pyridine rings is 1. The van der Waals surface area contributed by atoms with Crippen LogP contribution in [0, 0.1) is 0 Å². The molecule has 5 nitrogen and oxygen atoms in total. The van der Waals surface area contributed by atoms with Crippen molar-refractivity contribution >= 4 is 46.9 Å². The second-order valence-corrected chi connectivity index (χ2v) is 12.2. The Kier molecular flexibility index (Phi) is 9.18. The fraction of sp³-hybridized carbons (Fsp3) is 0.355. The van der Waals surface area contributed by atoms with Crippen LogP contribution in [0.5, 0.6) is 0 Å². The minimum absolute atomic E-state index is 0.0302. The van der Waals surface area contributed by atoms with Gasteiger partial charge in [0.05, 0.1) is 18.6 Å². The Morgan fingerprint density at radius 1 is 1.10 bits per heavy atom. The number of hydrogen-bond donors (Lipinski definition) is 0. The topological polar surface area (TPSA) is 45.7 Å². The monoisotopic (exact) mass is 581 g/mol. The van der Waals surface area contributed by atoms with Gasteiger partial charge in [0, 0.05) is 27.9 Å². The molecule has 2 aliphatic rings. The molecular formula is C31H33Cl2N3O2S. The van der Waals surface area contributed by atoms with Crippen LogP contribution in [-0.4, -0.2) is 39.7 Å². The molecule has 1 aliphatic heterocycles. The predicted molar refractivity (Wildman–Crippen MR) is 161 cm³/mol. The van der Waals surface area contributed by atoms with Crippen molar-refractivity contribution in [2.45, 2.75) is 62.1 Å². The molecule has 1 saturated carbocycles. The van der Waals surface area contributed by atoms with Gasteiger partial charge in [-0.3, -0.25) is 9.10 Å². The largest absolute Gasteiger partial charge is 0.358 e. The lowest BCUT2D eigenvalue weighted by Crippen LogP contribution is -2.56. The second-order valence-electron chi connectivity index (χ2n) is 9.98. The first kappa shape index (κ1) is 28.0. The van der Waals surface area contributed by atoms with Crippen molar-refractivity contribution in [3.63, 3.8) is 0 Å².